The normalized spacial score (nSPS) is 16.3. The van der Waals surface area contributed by atoms with Crippen LogP contribution in [0.25, 0.3) is 22.4 Å². The number of rotatable bonds is 5. The zero-order valence-corrected chi connectivity index (χ0v) is 27.7. The van der Waals surface area contributed by atoms with Crippen LogP contribution in [0.4, 0.5) is 5.95 Å². The van der Waals surface area contributed by atoms with E-state index in [1.54, 1.807) is 35.5 Å². The molecule has 0 radical (unpaired) electrons. The predicted molar refractivity (Wildman–Crippen MR) is 177 cm³/mol. The van der Waals surface area contributed by atoms with Crippen molar-refractivity contribution >= 4 is 21.9 Å². The molecular formula is C35H36N6O5S. The fourth-order valence-electron chi connectivity index (χ4n) is 5.76. The Bertz CT molecular complexity index is 2000. The lowest BCUT2D eigenvalue weighted by atomic mass is 9.87. The third-order valence-corrected chi connectivity index (χ3v) is 9.28. The highest BCUT2D eigenvalue weighted by Gasteiger charge is 2.32. The minimum atomic E-state index is -4.17. The Morgan fingerprint density at radius 3 is 2.38 bits per heavy atom. The van der Waals surface area contributed by atoms with E-state index in [9.17, 15) is 13.2 Å². The van der Waals surface area contributed by atoms with Crippen molar-refractivity contribution in [1.82, 2.24) is 25.0 Å². The van der Waals surface area contributed by atoms with Crippen LogP contribution in [-0.2, 0) is 16.6 Å². The summed E-state index contributed by atoms with van der Waals surface area (Å²) in [6.07, 6.45) is 5.43. The first-order chi connectivity index (χ1) is 22.4. The molecule has 242 valence electrons. The Hall–Kier alpha value is -5.10. The first kappa shape index (κ1) is 31.9. The number of fused-ring (bicyclic) bond motifs is 4. The molecule has 1 aliphatic rings. The van der Waals surface area contributed by atoms with Crippen molar-refractivity contribution in [2.75, 3.05) is 11.3 Å². The van der Waals surface area contributed by atoms with Crippen LogP contribution in [0, 0.1) is 19.3 Å². The smallest absolute Gasteiger partial charge is 0.264 e. The van der Waals surface area contributed by atoms with Crippen LogP contribution >= 0.6 is 0 Å². The molecule has 11 nitrogen and oxygen atoms in total. The fourth-order valence-corrected chi connectivity index (χ4v) is 6.75. The summed E-state index contributed by atoms with van der Waals surface area (Å²) in [5.41, 5.74) is 5.60. The zero-order chi connectivity index (χ0) is 33.3. The van der Waals surface area contributed by atoms with Gasteiger partial charge in [0.2, 0.25) is 11.8 Å². The summed E-state index contributed by atoms with van der Waals surface area (Å²) >= 11 is 0. The van der Waals surface area contributed by atoms with E-state index in [-0.39, 0.29) is 46.8 Å². The summed E-state index contributed by atoms with van der Waals surface area (Å²) in [6.45, 7) is 10.5. The molecular weight excluding hydrogens is 616 g/mol. The van der Waals surface area contributed by atoms with Crippen molar-refractivity contribution in [3.8, 4) is 28.3 Å². The summed E-state index contributed by atoms with van der Waals surface area (Å²) in [7, 11) is -4.17. The lowest BCUT2D eigenvalue weighted by molar-refractivity contribution is 0.0509. The number of nitrogens with one attached hydrogen (secondary N) is 1. The molecule has 1 atom stereocenters. The second-order valence-corrected chi connectivity index (χ2v) is 14.6. The number of amides is 1. The minimum absolute atomic E-state index is 0.0883. The number of benzene rings is 2. The number of nitrogens with zero attached hydrogens (tertiary/aromatic N) is 5. The van der Waals surface area contributed by atoms with Crippen LogP contribution < -0.4 is 9.46 Å². The van der Waals surface area contributed by atoms with Crippen LogP contribution in [-0.4, -0.2) is 52.0 Å². The van der Waals surface area contributed by atoms with Crippen molar-refractivity contribution in [1.29, 1.82) is 0 Å². The molecule has 0 spiro atoms. The maximum Gasteiger partial charge on any atom is 0.264 e. The highest BCUT2D eigenvalue weighted by atomic mass is 32.2. The predicted octanol–water partition coefficient (Wildman–Crippen LogP) is 6.45. The average Bonchev–Trinajstić information content (AvgIpc) is 3.56. The lowest BCUT2D eigenvalue weighted by Crippen LogP contribution is -2.45. The molecule has 4 bridgehead atoms. The highest BCUT2D eigenvalue weighted by Crippen LogP contribution is 2.32. The molecule has 0 unspecified atom stereocenters. The van der Waals surface area contributed by atoms with Crippen molar-refractivity contribution in [2.45, 2.75) is 58.5 Å². The quantitative estimate of drug-likeness (QED) is 0.227. The van der Waals surface area contributed by atoms with Gasteiger partial charge in [-0.3, -0.25) is 9.78 Å². The van der Waals surface area contributed by atoms with Gasteiger partial charge in [-0.05, 0) is 61.1 Å². The largest absolute Gasteiger partial charge is 0.475 e. The molecule has 12 heteroatoms. The first-order valence-electron chi connectivity index (χ1n) is 15.2. The molecule has 1 N–H and O–H groups in total. The Morgan fingerprint density at radius 2 is 1.70 bits per heavy atom. The van der Waals surface area contributed by atoms with Gasteiger partial charge in [0.25, 0.3) is 15.9 Å². The van der Waals surface area contributed by atoms with E-state index in [0.29, 0.717) is 17.8 Å². The Kier molecular flexibility index (Phi) is 8.54. The summed E-state index contributed by atoms with van der Waals surface area (Å²) in [5.74, 6) is -0.292. The van der Waals surface area contributed by atoms with Gasteiger partial charge in [0.05, 0.1) is 35.1 Å². The first-order valence-corrected chi connectivity index (χ1v) is 16.7. The van der Waals surface area contributed by atoms with Gasteiger partial charge >= 0.3 is 0 Å². The van der Waals surface area contributed by atoms with Gasteiger partial charge in [-0.25, -0.2) is 18.1 Å². The molecule has 0 saturated heterocycles. The van der Waals surface area contributed by atoms with Crippen LogP contribution in [0.1, 0.15) is 54.4 Å². The van der Waals surface area contributed by atoms with E-state index in [1.165, 1.54) is 18.4 Å². The van der Waals surface area contributed by atoms with E-state index in [1.807, 2.05) is 44.2 Å². The number of aromatic nitrogens is 4. The highest BCUT2D eigenvalue weighted by molar-refractivity contribution is 7.92. The third-order valence-electron chi connectivity index (χ3n) is 7.95. The third kappa shape index (κ3) is 7.17. The summed E-state index contributed by atoms with van der Waals surface area (Å²) in [6, 6.07) is 16.9. The summed E-state index contributed by atoms with van der Waals surface area (Å²) in [4.78, 5) is 29.7. The number of pyridine rings is 1. The second-order valence-electron chi connectivity index (χ2n) is 12.9. The molecule has 2 aromatic carbocycles. The van der Waals surface area contributed by atoms with Gasteiger partial charge in [-0.15, -0.1) is 0 Å². The molecule has 0 fully saturated rings. The van der Waals surface area contributed by atoms with E-state index < -0.39 is 16.1 Å². The second kappa shape index (κ2) is 12.6. The van der Waals surface area contributed by atoms with E-state index in [0.717, 1.165) is 27.8 Å². The van der Waals surface area contributed by atoms with Gasteiger partial charge in [0.15, 0.2) is 0 Å². The van der Waals surface area contributed by atoms with Gasteiger partial charge in [0.1, 0.15) is 12.9 Å². The number of anilines is 1. The van der Waals surface area contributed by atoms with Gasteiger partial charge in [-0.2, -0.15) is 4.98 Å². The molecule has 1 amide bonds. The lowest BCUT2D eigenvalue weighted by Gasteiger charge is -2.35. The van der Waals surface area contributed by atoms with Crippen molar-refractivity contribution in [3.63, 3.8) is 0 Å². The van der Waals surface area contributed by atoms with Crippen LogP contribution in [0.5, 0.6) is 5.88 Å². The maximum absolute atomic E-state index is 14.4. The SMILES string of the molecule is Cc1cccc(C)c1-c1cc2nc(n1)NS(=O)(=O)c1cccc(c1)C(=O)N(Cc1ccc(-c3cnoc3)cn1)[C@H](CC(C)(C)C)CO2. The van der Waals surface area contributed by atoms with E-state index in [4.69, 9.17) is 9.26 Å². The van der Waals surface area contributed by atoms with Crippen LogP contribution in [0.3, 0.4) is 0 Å². The number of aryl methyl sites for hydroxylation is 2. The molecule has 4 heterocycles. The average molecular weight is 653 g/mol. The Balaban J connectivity index is 1.46. The molecule has 6 rings (SSSR count). The van der Waals surface area contributed by atoms with Crippen molar-refractivity contribution in [3.05, 3.63) is 102 Å². The van der Waals surface area contributed by atoms with Crippen LogP contribution in [0.15, 0.2) is 88.7 Å². The number of ether oxygens (including phenoxy) is 1. The number of carbonyl (C=O) groups is 1. The molecule has 1 aliphatic heterocycles. The van der Waals surface area contributed by atoms with Crippen molar-refractivity contribution < 1.29 is 22.5 Å². The number of hydrogen-bond acceptors (Lipinski definition) is 9. The monoisotopic (exact) mass is 652 g/mol. The van der Waals surface area contributed by atoms with Gasteiger partial charge in [0, 0.05) is 34.5 Å². The molecule has 0 aliphatic carbocycles. The molecule has 47 heavy (non-hydrogen) atoms. The standard InChI is InChI=1S/C35H36N6O5S/c1-22-8-6-9-23(2)32(22)30-15-31-39-34(38-30)40-47(43,44)29-11-7-10-24(14-29)33(42)41(28(21-45-31)16-35(3,4)5)19-27-13-12-25(17-36-27)26-18-37-46-20-26/h6-15,17-18,20,28H,16,19,21H2,1-5H3,(H,38,39,40)/t28-/m1/s1. The summed E-state index contributed by atoms with van der Waals surface area (Å²) < 4.78 is 41.1. The van der Waals surface area contributed by atoms with E-state index >= 15 is 0 Å². The molecule has 5 aromatic rings. The minimum Gasteiger partial charge on any atom is -0.475 e. The Labute approximate surface area is 274 Å². The maximum atomic E-state index is 14.4. The van der Waals surface area contributed by atoms with Crippen molar-refractivity contribution in [2.24, 2.45) is 5.41 Å². The van der Waals surface area contributed by atoms with Gasteiger partial charge < -0.3 is 14.2 Å². The topological polar surface area (TPSA) is 140 Å². The number of hydrogen-bond donors (Lipinski definition) is 1. The Morgan fingerprint density at radius 1 is 0.936 bits per heavy atom. The number of sulfonamides is 1. The van der Waals surface area contributed by atoms with E-state index in [2.05, 4.69) is 45.6 Å². The van der Waals surface area contributed by atoms with Gasteiger partial charge in [-0.1, -0.05) is 56.3 Å². The molecule has 3 aromatic heterocycles. The number of carbonyl (C=O) groups excluding carboxylic acids is 1. The van der Waals surface area contributed by atoms with Crippen LogP contribution in [0.2, 0.25) is 0 Å². The fraction of sp³-hybridized carbons (Fsp3) is 0.286. The zero-order valence-electron chi connectivity index (χ0n) is 26.9. The summed E-state index contributed by atoms with van der Waals surface area (Å²) in [5, 5.41) is 3.76. The molecule has 0 saturated carbocycles.